The van der Waals surface area contributed by atoms with Gasteiger partial charge in [0.2, 0.25) is 0 Å². The average molecular weight is 329 g/mol. The second-order valence-corrected chi connectivity index (χ2v) is 5.87. The zero-order chi connectivity index (χ0) is 16.5. The normalized spacial score (nSPS) is 11.2. The SMILES string of the molecule is O=C(O)c1ccc(NS(=O)(=O)c2cc(F)ccc2F)cc1O. The van der Waals surface area contributed by atoms with Gasteiger partial charge in [-0.2, -0.15) is 0 Å². The molecule has 116 valence electrons. The minimum Gasteiger partial charge on any atom is -0.507 e. The van der Waals surface area contributed by atoms with Crippen molar-refractivity contribution in [3.05, 3.63) is 53.6 Å². The minimum atomic E-state index is -4.44. The molecule has 0 bridgehead atoms. The van der Waals surface area contributed by atoms with E-state index in [4.69, 9.17) is 5.11 Å². The first-order valence-electron chi connectivity index (χ1n) is 5.75. The van der Waals surface area contributed by atoms with Crippen molar-refractivity contribution >= 4 is 21.7 Å². The Kier molecular flexibility index (Phi) is 4.00. The summed E-state index contributed by atoms with van der Waals surface area (Å²) in [5, 5.41) is 18.2. The molecule has 3 N–H and O–H groups in total. The van der Waals surface area contributed by atoms with Gasteiger partial charge >= 0.3 is 5.97 Å². The maximum absolute atomic E-state index is 13.5. The number of phenols is 1. The molecule has 22 heavy (non-hydrogen) atoms. The number of aromatic hydroxyl groups is 1. The van der Waals surface area contributed by atoms with Crippen LogP contribution in [0.3, 0.4) is 0 Å². The fraction of sp³-hybridized carbons (Fsp3) is 0. The summed E-state index contributed by atoms with van der Waals surface area (Å²) in [6, 6.07) is 4.81. The summed E-state index contributed by atoms with van der Waals surface area (Å²) in [6.45, 7) is 0. The lowest BCUT2D eigenvalue weighted by Crippen LogP contribution is -2.15. The molecule has 0 unspecified atom stereocenters. The van der Waals surface area contributed by atoms with Gasteiger partial charge in [-0.3, -0.25) is 4.72 Å². The van der Waals surface area contributed by atoms with Crippen LogP contribution in [-0.4, -0.2) is 24.6 Å². The van der Waals surface area contributed by atoms with Crippen LogP contribution in [0.15, 0.2) is 41.3 Å². The standard InChI is InChI=1S/C13H9F2NO5S/c14-7-1-4-10(15)12(5-7)22(20,21)16-8-2-3-9(13(18)19)11(17)6-8/h1-6,16-17H,(H,18,19). The molecule has 0 heterocycles. The Labute approximate surface area is 123 Å². The van der Waals surface area contributed by atoms with Crippen molar-refractivity contribution in [2.75, 3.05) is 4.72 Å². The number of hydrogen-bond donors (Lipinski definition) is 3. The molecular weight excluding hydrogens is 320 g/mol. The number of benzene rings is 2. The van der Waals surface area contributed by atoms with Crippen molar-refractivity contribution in [2.45, 2.75) is 4.90 Å². The van der Waals surface area contributed by atoms with Gasteiger partial charge in [0.05, 0.1) is 5.69 Å². The van der Waals surface area contributed by atoms with Gasteiger partial charge < -0.3 is 10.2 Å². The quantitative estimate of drug-likeness (QED) is 0.797. The van der Waals surface area contributed by atoms with Gasteiger partial charge in [-0.15, -0.1) is 0 Å². The number of aromatic carboxylic acids is 1. The molecule has 0 atom stereocenters. The molecule has 2 aromatic rings. The lowest BCUT2D eigenvalue weighted by Gasteiger charge is -2.10. The molecule has 2 rings (SSSR count). The Morgan fingerprint density at radius 1 is 1.09 bits per heavy atom. The van der Waals surface area contributed by atoms with Crippen molar-refractivity contribution in [3.8, 4) is 5.75 Å². The highest BCUT2D eigenvalue weighted by molar-refractivity contribution is 7.92. The Balaban J connectivity index is 2.39. The predicted octanol–water partition coefficient (Wildman–Crippen LogP) is 2.17. The maximum Gasteiger partial charge on any atom is 0.339 e. The summed E-state index contributed by atoms with van der Waals surface area (Å²) in [4.78, 5) is 9.82. The van der Waals surface area contributed by atoms with E-state index >= 15 is 0 Å². The van der Waals surface area contributed by atoms with Crippen LogP contribution < -0.4 is 4.72 Å². The van der Waals surface area contributed by atoms with Gasteiger partial charge in [0, 0.05) is 6.07 Å². The number of hydrogen-bond acceptors (Lipinski definition) is 4. The van der Waals surface area contributed by atoms with Crippen molar-refractivity contribution in [1.29, 1.82) is 0 Å². The monoisotopic (exact) mass is 329 g/mol. The number of halogens is 2. The number of sulfonamides is 1. The van der Waals surface area contributed by atoms with Crippen LogP contribution in [0, 0.1) is 11.6 Å². The number of carbonyl (C=O) groups is 1. The molecular formula is C13H9F2NO5S. The van der Waals surface area contributed by atoms with Crippen LogP contribution in [0.1, 0.15) is 10.4 Å². The van der Waals surface area contributed by atoms with Gasteiger partial charge in [0.25, 0.3) is 10.0 Å². The van der Waals surface area contributed by atoms with Crippen LogP contribution in [-0.2, 0) is 10.0 Å². The maximum atomic E-state index is 13.5. The van der Waals surface area contributed by atoms with Crippen molar-refractivity contribution in [2.24, 2.45) is 0 Å². The number of carboxylic acids is 1. The van der Waals surface area contributed by atoms with E-state index in [-0.39, 0.29) is 5.69 Å². The lowest BCUT2D eigenvalue weighted by atomic mass is 10.2. The molecule has 2 aromatic carbocycles. The number of nitrogens with one attached hydrogen (secondary N) is 1. The van der Waals surface area contributed by atoms with E-state index in [1.54, 1.807) is 0 Å². The van der Waals surface area contributed by atoms with E-state index in [9.17, 15) is 27.1 Å². The van der Waals surface area contributed by atoms with E-state index < -0.39 is 43.8 Å². The van der Waals surface area contributed by atoms with Gasteiger partial charge in [0.1, 0.15) is 27.8 Å². The molecule has 0 aliphatic rings. The fourth-order valence-electron chi connectivity index (χ4n) is 1.67. The molecule has 0 spiro atoms. The highest BCUT2D eigenvalue weighted by atomic mass is 32.2. The fourth-order valence-corrected chi connectivity index (χ4v) is 2.81. The lowest BCUT2D eigenvalue weighted by molar-refractivity contribution is 0.0694. The first-order valence-corrected chi connectivity index (χ1v) is 7.23. The van der Waals surface area contributed by atoms with Crippen molar-refractivity contribution < 1.29 is 32.2 Å². The second kappa shape index (κ2) is 5.60. The molecule has 0 amide bonds. The number of carboxylic acid groups (broad SMARTS) is 1. The molecule has 0 radical (unpaired) electrons. The summed E-state index contributed by atoms with van der Waals surface area (Å²) in [5.41, 5.74) is -0.633. The predicted molar refractivity (Wildman–Crippen MR) is 72.2 cm³/mol. The molecule has 0 fully saturated rings. The van der Waals surface area contributed by atoms with Crippen molar-refractivity contribution in [1.82, 2.24) is 0 Å². The van der Waals surface area contributed by atoms with Crippen LogP contribution in [0.2, 0.25) is 0 Å². The Hall–Kier alpha value is -2.68. The Morgan fingerprint density at radius 3 is 2.36 bits per heavy atom. The average Bonchev–Trinajstić information content (AvgIpc) is 2.40. The molecule has 0 saturated heterocycles. The summed E-state index contributed by atoms with van der Waals surface area (Å²) < 4.78 is 52.5. The minimum absolute atomic E-state index is 0.203. The highest BCUT2D eigenvalue weighted by Crippen LogP contribution is 2.25. The number of anilines is 1. The van der Waals surface area contributed by atoms with E-state index in [1.165, 1.54) is 0 Å². The molecule has 0 aliphatic heterocycles. The Morgan fingerprint density at radius 2 is 1.77 bits per heavy atom. The third-order valence-corrected chi connectivity index (χ3v) is 4.06. The summed E-state index contributed by atoms with van der Waals surface area (Å²) >= 11 is 0. The zero-order valence-electron chi connectivity index (χ0n) is 10.7. The second-order valence-electron chi connectivity index (χ2n) is 4.22. The van der Waals surface area contributed by atoms with E-state index in [0.29, 0.717) is 12.1 Å². The van der Waals surface area contributed by atoms with Gasteiger partial charge in [0.15, 0.2) is 0 Å². The first kappa shape index (κ1) is 15.7. The van der Waals surface area contributed by atoms with Gasteiger partial charge in [-0.05, 0) is 30.3 Å². The number of rotatable bonds is 4. The first-order chi connectivity index (χ1) is 10.2. The van der Waals surface area contributed by atoms with E-state index in [1.807, 2.05) is 4.72 Å². The largest absolute Gasteiger partial charge is 0.507 e. The summed E-state index contributed by atoms with van der Waals surface area (Å²) in [7, 11) is -4.44. The van der Waals surface area contributed by atoms with E-state index in [0.717, 1.165) is 24.3 Å². The van der Waals surface area contributed by atoms with Crippen LogP contribution in [0.4, 0.5) is 14.5 Å². The third kappa shape index (κ3) is 3.14. The molecule has 6 nitrogen and oxygen atoms in total. The van der Waals surface area contributed by atoms with Crippen LogP contribution >= 0.6 is 0 Å². The Bertz CT molecular complexity index is 852. The summed E-state index contributed by atoms with van der Waals surface area (Å²) in [6.07, 6.45) is 0. The van der Waals surface area contributed by atoms with Gasteiger partial charge in [-0.25, -0.2) is 22.0 Å². The van der Waals surface area contributed by atoms with E-state index in [2.05, 4.69) is 0 Å². The highest BCUT2D eigenvalue weighted by Gasteiger charge is 2.21. The van der Waals surface area contributed by atoms with Crippen LogP contribution in [0.25, 0.3) is 0 Å². The molecule has 0 aromatic heterocycles. The third-order valence-electron chi connectivity index (χ3n) is 2.66. The smallest absolute Gasteiger partial charge is 0.339 e. The van der Waals surface area contributed by atoms with Crippen LogP contribution in [0.5, 0.6) is 5.75 Å². The summed E-state index contributed by atoms with van der Waals surface area (Å²) in [5.74, 6) is -4.17. The van der Waals surface area contributed by atoms with Crippen molar-refractivity contribution in [3.63, 3.8) is 0 Å². The molecule has 0 saturated carbocycles. The van der Waals surface area contributed by atoms with Gasteiger partial charge in [-0.1, -0.05) is 0 Å². The zero-order valence-corrected chi connectivity index (χ0v) is 11.6. The molecule has 0 aliphatic carbocycles. The topological polar surface area (TPSA) is 104 Å². The molecule has 9 heteroatoms.